The smallest absolute Gasteiger partial charge is 0.279 e. The second kappa shape index (κ2) is 11.1. The van der Waals surface area contributed by atoms with Crippen LogP contribution >= 0.6 is 11.8 Å². The van der Waals surface area contributed by atoms with E-state index in [1.807, 2.05) is 13.0 Å². The number of phenols is 1. The van der Waals surface area contributed by atoms with Gasteiger partial charge in [0.25, 0.3) is 5.91 Å². The standard InChI is InChI=1S/C29H24FN3O5S2/c1-18-23(6-4-8-26(18)38-17-19-9-15-22(16-10-19)40(31,36)37)29-33(28(35)24-5-2-3-7-25(24)34)32-27(39-29)20-11-13-21(30)14-12-20/h2-16,29,34H,17H2,1H3,(H2,31,36,37). The number of rotatable bonds is 7. The van der Waals surface area contributed by atoms with Crippen LogP contribution in [0.25, 0.3) is 0 Å². The van der Waals surface area contributed by atoms with E-state index in [4.69, 9.17) is 9.88 Å². The Kier molecular flexibility index (Phi) is 7.61. The number of sulfonamides is 1. The number of hydrogen-bond donors (Lipinski definition) is 2. The summed E-state index contributed by atoms with van der Waals surface area (Å²) in [5, 5.41) is 21.3. The van der Waals surface area contributed by atoms with Gasteiger partial charge in [0.1, 0.15) is 34.3 Å². The molecule has 5 rings (SSSR count). The second-order valence-corrected chi connectivity index (χ2v) is 11.6. The molecule has 0 aliphatic carbocycles. The summed E-state index contributed by atoms with van der Waals surface area (Å²) >= 11 is 1.33. The maximum Gasteiger partial charge on any atom is 0.279 e. The number of ether oxygens (including phenoxy) is 1. The summed E-state index contributed by atoms with van der Waals surface area (Å²) < 4.78 is 42.7. The average molecular weight is 578 g/mol. The van der Waals surface area contributed by atoms with E-state index in [0.29, 0.717) is 16.4 Å². The highest BCUT2D eigenvalue weighted by atomic mass is 32.2. The van der Waals surface area contributed by atoms with Crippen LogP contribution in [-0.4, -0.2) is 29.5 Å². The molecule has 4 aromatic carbocycles. The van der Waals surface area contributed by atoms with Crippen LogP contribution in [0.2, 0.25) is 0 Å². The van der Waals surface area contributed by atoms with Crippen molar-refractivity contribution in [2.24, 2.45) is 10.2 Å². The van der Waals surface area contributed by atoms with Gasteiger partial charge in [-0.15, -0.1) is 0 Å². The van der Waals surface area contributed by atoms with Crippen LogP contribution in [0, 0.1) is 12.7 Å². The lowest BCUT2D eigenvalue weighted by atomic mass is 10.1. The number of hydrazone groups is 1. The first-order valence-electron chi connectivity index (χ1n) is 12.1. The van der Waals surface area contributed by atoms with Crippen molar-refractivity contribution >= 4 is 32.7 Å². The minimum absolute atomic E-state index is 0.0128. The first-order chi connectivity index (χ1) is 19.1. The number of hydrogen-bond acceptors (Lipinski definition) is 7. The molecule has 0 spiro atoms. The zero-order valence-electron chi connectivity index (χ0n) is 21.2. The number of benzene rings is 4. The van der Waals surface area contributed by atoms with E-state index in [1.165, 1.54) is 53.2 Å². The molecule has 1 amide bonds. The van der Waals surface area contributed by atoms with Crippen LogP contribution in [0.15, 0.2) is 101 Å². The van der Waals surface area contributed by atoms with Gasteiger partial charge in [0.15, 0.2) is 0 Å². The lowest BCUT2D eigenvalue weighted by Gasteiger charge is -2.24. The molecule has 0 fully saturated rings. The van der Waals surface area contributed by atoms with Crippen LogP contribution in [-0.2, 0) is 16.6 Å². The van der Waals surface area contributed by atoms with Crippen molar-refractivity contribution in [3.8, 4) is 11.5 Å². The molecule has 11 heteroatoms. The Morgan fingerprint density at radius 3 is 2.40 bits per heavy atom. The molecule has 204 valence electrons. The van der Waals surface area contributed by atoms with Gasteiger partial charge in [0, 0.05) is 5.56 Å². The Balaban J connectivity index is 1.45. The Labute approximate surface area is 235 Å². The molecule has 1 atom stereocenters. The zero-order chi connectivity index (χ0) is 28.4. The summed E-state index contributed by atoms with van der Waals surface area (Å²) in [6.07, 6.45) is 0. The van der Waals surface area contributed by atoms with Crippen LogP contribution < -0.4 is 9.88 Å². The van der Waals surface area contributed by atoms with Crippen molar-refractivity contribution in [2.75, 3.05) is 0 Å². The Bertz CT molecular complexity index is 1710. The van der Waals surface area contributed by atoms with E-state index in [-0.39, 0.29) is 28.6 Å². The summed E-state index contributed by atoms with van der Waals surface area (Å²) in [4.78, 5) is 13.6. The third-order valence-corrected chi connectivity index (χ3v) is 8.46. The van der Waals surface area contributed by atoms with E-state index in [9.17, 15) is 22.7 Å². The first-order valence-corrected chi connectivity index (χ1v) is 14.5. The SMILES string of the molecule is Cc1c(OCc2ccc(S(N)(=O)=O)cc2)cccc1C1SC(c2ccc(F)cc2)=NN1C(=O)c1ccccc1O. The number of carbonyl (C=O) groups excluding carboxylic acids is 1. The van der Waals surface area contributed by atoms with E-state index >= 15 is 0 Å². The molecule has 8 nitrogen and oxygen atoms in total. The molecule has 0 aromatic heterocycles. The molecule has 1 aliphatic rings. The highest BCUT2D eigenvalue weighted by molar-refractivity contribution is 8.14. The van der Waals surface area contributed by atoms with Gasteiger partial charge in [-0.25, -0.2) is 23.0 Å². The van der Waals surface area contributed by atoms with E-state index in [1.54, 1.807) is 48.5 Å². The fraction of sp³-hybridized carbons (Fsp3) is 0.103. The van der Waals surface area contributed by atoms with Crippen LogP contribution in [0.3, 0.4) is 0 Å². The van der Waals surface area contributed by atoms with Crippen molar-refractivity contribution in [2.45, 2.75) is 23.8 Å². The second-order valence-electron chi connectivity index (χ2n) is 9.00. The monoisotopic (exact) mass is 577 g/mol. The highest BCUT2D eigenvalue weighted by Gasteiger charge is 2.36. The number of carbonyl (C=O) groups is 1. The van der Waals surface area contributed by atoms with E-state index in [2.05, 4.69) is 5.10 Å². The molecule has 1 heterocycles. The first kappa shape index (κ1) is 27.4. The van der Waals surface area contributed by atoms with Crippen molar-refractivity contribution < 1.29 is 27.4 Å². The molecule has 0 bridgehead atoms. The van der Waals surface area contributed by atoms with Crippen molar-refractivity contribution in [3.05, 3.63) is 125 Å². The van der Waals surface area contributed by atoms with Gasteiger partial charge in [0.2, 0.25) is 10.0 Å². The van der Waals surface area contributed by atoms with Gasteiger partial charge in [0.05, 0.1) is 10.5 Å². The number of nitrogens with two attached hydrogens (primary N) is 1. The molecule has 1 aliphatic heterocycles. The lowest BCUT2D eigenvalue weighted by molar-refractivity contribution is 0.0745. The predicted octanol–water partition coefficient (Wildman–Crippen LogP) is 5.32. The van der Waals surface area contributed by atoms with Crippen molar-refractivity contribution in [1.29, 1.82) is 0 Å². The third kappa shape index (κ3) is 5.71. The Hall–Kier alpha value is -4.19. The largest absolute Gasteiger partial charge is 0.507 e. The summed E-state index contributed by atoms with van der Waals surface area (Å²) in [7, 11) is -3.79. The number of thioether (sulfide) groups is 1. The molecule has 3 N–H and O–H groups in total. The predicted molar refractivity (Wildman–Crippen MR) is 151 cm³/mol. The Morgan fingerprint density at radius 2 is 1.73 bits per heavy atom. The molecule has 0 radical (unpaired) electrons. The number of amides is 1. The molecule has 0 saturated carbocycles. The van der Waals surface area contributed by atoms with Crippen LogP contribution in [0.1, 0.15) is 38.0 Å². The maximum atomic E-state index is 13.6. The van der Waals surface area contributed by atoms with Crippen LogP contribution in [0.5, 0.6) is 11.5 Å². The fourth-order valence-corrected chi connectivity index (χ4v) is 5.92. The molecule has 40 heavy (non-hydrogen) atoms. The summed E-state index contributed by atoms with van der Waals surface area (Å²) in [6.45, 7) is 2.04. The molecule has 1 unspecified atom stereocenters. The number of halogens is 1. The zero-order valence-corrected chi connectivity index (χ0v) is 22.8. The number of phenolic OH excluding ortho intramolecular Hbond substituents is 1. The van der Waals surface area contributed by atoms with Gasteiger partial charge in [-0.1, -0.05) is 48.2 Å². The minimum Gasteiger partial charge on any atom is -0.507 e. The number of primary sulfonamides is 1. The van der Waals surface area contributed by atoms with Crippen molar-refractivity contribution in [3.63, 3.8) is 0 Å². The summed E-state index contributed by atoms with van der Waals surface area (Å²) in [6, 6.07) is 23.7. The fourth-order valence-electron chi connectivity index (χ4n) is 4.16. The van der Waals surface area contributed by atoms with Crippen LogP contribution in [0.4, 0.5) is 4.39 Å². The lowest BCUT2D eigenvalue weighted by Crippen LogP contribution is -2.26. The van der Waals surface area contributed by atoms with E-state index in [0.717, 1.165) is 16.7 Å². The quantitative estimate of drug-likeness (QED) is 0.307. The third-order valence-electron chi connectivity index (χ3n) is 6.32. The van der Waals surface area contributed by atoms with Gasteiger partial charge in [-0.2, -0.15) is 5.10 Å². The van der Waals surface area contributed by atoms with Gasteiger partial charge >= 0.3 is 0 Å². The molecule has 4 aromatic rings. The summed E-state index contributed by atoms with van der Waals surface area (Å²) in [5.74, 6) is -0.470. The highest BCUT2D eigenvalue weighted by Crippen LogP contribution is 2.45. The van der Waals surface area contributed by atoms with Gasteiger partial charge < -0.3 is 9.84 Å². The van der Waals surface area contributed by atoms with Crippen molar-refractivity contribution in [1.82, 2.24) is 5.01 Å². The maximum absolute atomic E-state index is 13.6. The van der Waals surface area contributed by atoms with E-state index < -0.39 is 21.3 Å². The number of nitrogens with zero attached hydrogens (tertiary/aromatic N) is 2. The number of para-hydroxylation sites is 1. The normalized spacial score (nSPS) is 15.1. The average Bonchev–Trinajstić information content (AvgIpc) is 3.38. The Morgan fingerprint density at radius 1 is 1.02 bits per heavy atom. The topological polar surface area (TPSA) is 122 Å². The summed E-state index contributed by atoms with van der Waals surface area (Å²) in [5.41, 5.74) is 3.02. The van der Waals surface area contributed by atoms with Gasteiger partial charge in [-0.3, -0.25) is 4.79 Å². The molecular formula is C29H24FN3O5S2. The van der Waals surface area contributed by atoms with Gasteiger partial charge in [-0.05, 0) is 78.2 Å². The minimum atomic E-state index is -3.79. The number of aromatic hydroxyl groups is 1. The molecule has 0 saturated heterocycles. The molecular weight excluding hydrogens is 553 g/mol.